The fourth-order valence-corrected chi connectivity index (χ4v) is 3.12. The first-order valence-corrected chi connectivity index (χ1v) is 9.82. The van der Waals surface area contributed by atoms with Crippen LogP contribution in [0.5, 0.6) is 0 Å². The molecule has 2 atom stereocenters. The number of nitrogens with one attached hydrogen (secondary N) is 1. The third-order valence-corrected chi connectivity index (χ3v) is 5.36. The Hall–Kier alpha value is -1.69. The van der Waals surface area contributed by atoms with Crippen molar-refractivity contribution in [1.29, 1.82) is 0 Å². The highest BCUT2D eigenvalue weighted by Crippen LogP contribution is 2.23. The molecule has 0 heterocycles. The summed E-state index contributed by atoms with van der Waals surface area (Å²) in [5, 5.41) is 14.0. The highest BCUT2D eigenvalue weighted by atomic mass is 32.2. The molecular weight excluding hydrogens is 322 g/mol. The summed E-state index contributed by atoms with van der Waals surface area (Å²) in [5.41, 5.74) is 1.96. The van der Waals surface area contributed by atoms with Crippen LogP contribution in [0.15, 0.2) is 53.4 Å². The quantitative estimate of drug-likeness (QED) is 0.843. The number of benzene rings is 2. The molecule has 0 radical (unpaired) electrons. The van der Waals surface area contributed by atoms with Crippen LogP contribution < -0.4 is 5.32 Å². The van der Waals surface area contributed by atoms with E-state index >= 15 is 0 Å². The summed E-state index contributed by atoms with van der Waals surface area (Å²) in [5.74, 6) is 0. The minimum atomic E-state index is -3.23. The summed E-state index contributed by atoms with van der Waals surface area (Å²) in [6.45, 7) is 6.18. The summed E-state index contributed by atoms with van der Waals surface area (Å²) in [4.78, 5) is 0.253. The Kier molecular flexibility index (Phi) is 5.48. The second-order valence-corrected chi connectivity index (χ2v) is 8.60. The standard InChI is InChI=1S/C19H25NO3S/c1-14-5-7-16(8-6-14)15(2)20-13-19(3,21)17-9-11-18(12-10-17)24(4,22)23/h5-12,15,20-21H,13H2,1-4H3. The Morgan fingerprint density at radius 2 is 1.62 bits per heavy atom. The molecule has 2 aromatic carbocycles. The molecule has 0 saturated heterocycles. The third kappa shape index (κ3) is 4.66. The molecule has 0 fully saturated rings. The van der Waals surface area contributed by atoms with Gasteiger partial charge in [-0.15, -0.1) is 0 Å². The van der Waals surface area contributed by atoms with Crippen LogP contribution in [0.25, 0.3) is 0 Å². The predicted molar refractivity (Wildman–Crippen MR) is 96.7 cm³/mol. The van der Waals surface area contributed by atoms with Crippen LogP contribution >= 0.6 is 0 Å². The van der Waals surface area contributed by atoms with Crippen molar-refractivity contribution < 1.29 is 13.5 Å². The highest BCUT2D eigenvalue weighted by Gasteiger charge is 2.24. The van der Waals surface area contributed by atoms with Crippen molar-refractivity contribution in [2.75, 3.05) is 12.8 Å². The maximum atomic E-state index is 11.5. The minimum Gasteiger partial charge on any atom is -0.384 e. The Labute approximate surface area is 144 Å². The van der Waals surface area contributed by atoms with Crippen LogP contribution in [0.3, 0.4) is 0 Å². The summed E-state index contributed by atoms with van der Waals surface area (Å²) < 4.78 is 23.0. The van der Waals surface area contributed by atoms with Gasteiger partial charge in [0.25, 0.3) is 0 Å². The van der Waals surface area contributed by atoms with Gasteiger partial charge in [0.05, 0.1) is 10.5 Å². The molecule has 0 amide bonds. The number of hydrogen-bond acceptors (Lipinski definition) is 4. The lowest BCUT2D eigenvalue weighted by Gasteiger charge is -2.27. The lowest BCUT2D eigenvalue weighted by Crippen LogP contribution is -2.36. The van der Waals surface area contributed by atoms with E-state index in [1.54, 1.807) is 19.1 Å². The van der Waals surface area contributed by atoms with Crippen molar-refractivity contribution in [3.63, 3.8) is 0 Å². The number of aryl methyl sites for hydroxylation is 1. The normalized spacial score (nSPS) is 15.7. The lowest BCUT2D eigenvalue weighted by atomic mass is 9.95. The second kappa shape index (κ2) is 7.05. The molecule has 24 heavy (non-hydrogen) atoms. The minimum absolute atomic E-state index is 0.104. The van der Waals surface area contributed by atoms with Crippen molar-refractivity contribution in [2.45, 2.75) is 37.3 Å². The molecule has 2 aromatic rings. The Bertz CT molecular complexity index is 778. The topological polar surface area (TPSA) is 66.4 Å². The van der Waals surface area contributed by atoms with Gasteiger partial charge >= 0.3 is 0 Å². The molecule has 0 saturated carbocycles. The average molecular weight is 347 g/mol. The van der Waals surface area contributed by atoms with E-state index < -0.39 is 15.4 Å². The van der Waals surface area contributed by atoms with Crippen LogP contribution in [0.2, 0.25) is 0 Å². The van der Waals surface area contributed by atoms with E-state index in [1.165, 1.54) is 24.0 Å². The maximum Gasteiger partial charge on any atom is 0.175 e. The Morgan fingerprint density at radius 3 is 2.12 bits per heavy atom. The zero-order valence-electron chi connectivity index (χ0n) is 14.6. The van der Waals surface area contributed by atoms with E-state index in [0.717, 1.165) is 5.56 Å². The van der Waals surface area contributed by atoms with Crippen molar-refractivity contribution in [2.24, 2.45) is 0 Å². The SMILES string of the molecule is Cc1ccc(C(C)NCC(C)(O)c2ccc(S(C)(=O)=O)cc2)cc1. The van der Waals surface area contributed by atoms with E-state index in [9.17, 15) is 13.5 Å². The van der Waals surface area contributed by atoms with Gasteiger partial charge in [0, 0.05) is 18.8 Å². The van der Waals surface area contributed by atoms with Crippen LogP contribution in [-0.4, -0.2) is 26.3 Å². The molecule has 4 nitrogen and oxygen atoms in total. The molecule has 0 spiro atoms. The molecule has 0 aromatic heterocycles. The highest BCUT2D eigenvalue weighted by molar-refractivity contribution is 7.90. The summed E-state index contributed by atoms with van der Waals surface area (Å²) in [6, 6.07) is 14.8. The van der Waals surface area contributed by atoms with Gasteiger partial charge in [0.2, 0.25) is 0 Å². The van der Waals surface area contributed by atoms with Gasteiger partial charge in [-0.2, -0.15) is 0 Å². The lowest BCUT2D eigenvalue weighted by molar-refractivity contribution is 0.0543. The second-order valence-electron chi connectivity index (χ2n) is 6.58. The van der Waals surface area contributed by atoms with E-state index in [4.69, 9.17) is 0 Å². The van der Waals surface area contributed by atoms with Crippen molar-refractivity contribution in [1.82, 2.24) is 5.32 Å². The van der Waals surface area contributed by atoms with E-state index in [2.05, 4.69) is 29.6 Å². The molecule has 0 aliphatic rings. The molecule has 0 aliphatic heterocycles. The van der Waals surface area contributed by atoms with Gasteiger partial charge in [0.15, 0.2) is 9.84 Å². The van der Waals surface area contributed by atoms with Crippen LogP contribution in [0.4, 0.5) is 0 Å². The van der Waals surface area contributed by atoms with Gasteiger partial charge in [0.1, 0.15) is 0 Å². The molecule has 2 N–H and O–H groups in total. The monoisotopic (exact) mass is 347 g/mol. The van der Waals surface area contributed by atoms with Gasteiger partial charge < -0.3 is 10.4 Å². The third-order valence-electron chi connectivity index (χ3n) is 4.23. The average Bonchev–Trinajstić information content (AvgIpc) is 2.53. The molecule has 2 rings (SSSR count). The summed E-state index contributed by atoms with van der Waals surface area (Å²) in [7, 11) is -3.23. The van der Waals surface area contributed by atoms with E-state index in [-0.39, 0.29) is 10.9 Å². The molecule has 2 unspecified atom stereocenters. The summed E-state index contributed by atoms with van der Waals surface area (Å²) >= 11 is 0. The molecule has 130 valence electrons. The smallest absolute Gasteiger partial charge is 0.175 e. The van der Waals surface area contributed by atoms with Crippen molar-refractivity contribution in [3.8, 4) is 0 Å². The summed E-state index contributed by atoms with van der Waals surface area (Å²) in [6.07, 6.45) is 1.17. The number of sulfone groups is 1. The van der Waals surface area contributed by atoms with Gasteiger partial charge in [-0.05, 0) is 44.0 Å². The zero-order valence-corrected chi connectivity index (χ0v) is 15.4. The van der Waals surface area contributed by atoms with Crippen molar-refractivity contribution in [3.05, 3.63) is 65.2 Å². The fourth-order valence-electron chi connectivity index (χ4n) is 2.49. The first-order valence-electron chi connectivity index (χ1n) is 7.92. The Balaban J connectivity index is 2.06. The van der Waals surface area contributed by atoms with Crippen LogP contribution in [0, 0.1) is 6.92 Å². The van der Waals surface area contributed by atoms with Gasteiger partial charge in [-0.3, -0.25) is 0 Å². The van der Waals surface area contributed by atoms with E-state index in [1.807, 2.05) is 13.8 Å². The van der Waals surface area contributed by atoms with E-state index in [0.29, 0.717) is 12.1 Å². The molecular formula is C19H25NO3S. The number of aliphatic hydroxyl groups is 1. The number of rotatable bonds is 6. The predicted octanol–water partition coefficient (Wildman–Crippen LogP) is 2.96. The number of hydrogen-bond donors (Lipinski definition) is 2. The molecule has 0 aliphatic carbocycles. The zero-order chi connectivity index (χ0) is 18.0. The fraction of sp³-hybridized carbons (Fsp3) is 0.368. The Morgan fingerprint density at radius 1 is 1.08 bits per heavy atom. The first-order chi connectivity index (χ1) is 11.1. The molecule has 5 heteroatoms. The van der Waals surface area contributed by atoms with Crippen LogP contribution in [-0.2, 0) is 15.4 Å². The largest absolute Gasteiger partial charge is 0.384 e. The first kappa shape index (κ1) is 18.6. The van der Waals surface area contributed by atoms with Crippen LogP contribution in [0.1, 0.15) is 36.6 Å². The van der Waals surface area contributed by atoms with Gasteiger partial charge in [-0.25, -0.2) is 8.42 Å². The van der Waals surface area contributed by atoms with Crippen molar-refractivity contribution >= 4 is 9.84 Å². The van der Waals surface area contributed by atoms with Gasteiger partial charge in [-0.1, -0.05) is 42.0 Å². The molecule has 0 bridgehead atoms. The maximum absolute atomic E-state index is 11.5.